The highest BCUT2D eigenvalue weighted by Gasteiger charge is 2.48. The molecule has 0 aromatic rings. The van der Waals surface area contributed by atoms with Gasteiger partial charge in [0, 0.05) is 25.9 Å². The van der Waals surface area contributed by atoms with Crippen molar-refractivity contribution in [3.63, 3.8) is 0 Å². The summed E-state index contributed by atoms with van der Waals surface area (Å²) in [4.78, 5) is 24.3. The molecule has 0 saturated carbocycles. The monoisotopic (exact) mass is 241 g/mol. The summed E-state index contributed by atoms with van der Waals surface area (Å²) in [5, 5.41) is 0. The molecule has 0 atom stereocenters. The molecule has 1 amide bonds. The molecule has 0 aliphatic carbocycles. The largest absolute Gasteiger partial charge is 0.458 e. The van der Waals surface area contributed by atoms with E-state index in [1.807, 2.05) is 20.8 Å². The Morgan fingerprint density at radius 1 is 1.35 bits per heavy atom. The van der Waals surface area contributed by atoms with Crippen molar-refractivity contribution in [3.8, 4) is 0 Å². The van der Waals surface area contributed by atoms with Crippen LogP contribution in [0.2, 0.25) is 0 Å². The average Bonchev–Trinajstić information content (AvgIpc) is 2.14. The van der Waals surface area contributed by atoms with Gasteiger partial charge in [-0.1, -0.05) is 0 Å². The number of amides is 1. The quantitative estimate of drug-likeness (QED) is 0.606. The molecule has 17 heavy (non-hydrogen) atoms. The lowest BCUT2D eigenvalue weighted by Gasteiger charge is -2.46. The number of carbonyl (C=O) groups excluding carboxylic acids is 2. The third-order valence-electron chi connectivity index (χ3n) is 3.12. The number of esters is 1. The molecule has 0 N–H and O–H groups in total. The van der Waals surface area contributed by atoms with E-state index in [1.54, 1.807) is 4.90 Å². The Kier molecular flexibility index (Phi) is 2.79. The van der Waals surface area contributed by atoms with Crippen LogP contribution in [0.4, 0.5) is 4.79 Å². The third kappa shape index (κ3) is 2.70. The summed E-state index contributed by atoms with van der Waals surface area (Å²) in [5.74, 6) is -0.129. The van der Waals surface area contributed by atoms with Gasteiger partial charge in [-0.05, 0) is 20.8 Å². The topological polar surface area (TPSA) is 55.8 Å². The molecule has 0 radical (unpaired) electrons. The van der Waals surface area contributed by atoms with Crippen LogP contribution in [-0.4, -0.2) is 41.3 Å². The molecular formula is C12H19NO4. The van der Waals surface area contributed by atoms with Crippen molar-refractivity contribution in [1.82, 2.24) is 4.90 Å². The van der Waals surface area contributed by atoms with Crippen LogP contribution >= 0.6 is 0 Å². The van der Waals surface area contributed by atoms with Crippen molar-refractivity contribution in [2.24, 2.45) is 0 Å². The van der Waals surface area contributed by atoms with Gasteiger partial charge in [-0.3, -0.25) is 4.79 Å². The highest BCUT2D eigenvalue weighted by molar-refractivity contribution is 5.77. The molecule has 5 nitrogen and oxygen atoms in total. The molecule has 2 aliphatic heterocycles. The fourth-order valence-corrected chi connectivity index (χ4v) is 2.20. The summed E-state index contributed by atoms with van der Waals surface area (Å²) in [7, 11) is 0. The molecule has 96 valence electrons. The Balaban J connectivity index is 1.83. The molecule has 2 heterocycles. The van der Waals surface area contributed by atoms with Crippen molar-refractivity contribution in [2.45, 2.75) is 51.2 Å². The van der Waals surface area contributed by atoms with E-state index in [2.05, 4.69) is 0 Å². The number of piperidine rings is 1. The Morgan fingerprint density at radius 3 is 2.29 bits per heavy atom. The number of ether oxygens (including phenoxy) is 2. The highest BCUT2D eigenvalue weighted by atomic mass is 16.6. The van der Waals surface area contributed by atoms with Crippen LogP contribution in [0, 0.1) is 0 Å². The van der Waals surface area contributed by atoms with Crippen LogP contribution < -0.4 is 0 Å². The Labute approximate surface area is 101 Å². The van der Waals surface area contributed by atoms with E-state index in [0.717, 1.165) is 12.8 Å². The lowest BCUT2D eigenvalue weighted by atomic mass is 9.84. The predicted octanol–water partition coefficient (Wildman–Crippen LogP) is 1.70. The summed E-state index contributed by atoms with van der Waals surface area (Å²) < 4.78 is 10.5. The van der Waals surface area contributed by atoms with Gasteiger partial charge in [0.2, 0.25) is 0 Å². The lowest BCUT2D eigenvalue weighted by molar-refractivity contribution is -0.198. The van der Waals surface area contributed by atoms with Gasteiger partial charge in [0.05, 0.1) is 6.42 Å². The first-order valence-corrected chi connectivity index (χ1v) is 6.00. The maximum Gasteiger partial charge on any atom is 0.410 e. The van der Waals surface area contributed by atoms with E-state index in [9.17, 15) is 9.59 Å². The van der Waals surface area contributed by atoms with Crippen molar-refractivity contribution in [2.75, 3.05) is 13.1 Å². The second kappa shape index (κ2) is 3.89. The first-order chi connectivity index (χ1) is 7.80. The highest BCUT2D eigenvalue weighted by Crippen LogP contribution is 2.37. The second-order valence-electron chi connectivity index (χ2n) is 5.80. The fourth-order valence-electron chi connectivity index (χ4n) is 2.20. The number of nitrogens with zero attached hydrogens (tertiary/aromatic N) is 1. The van der Waals surface area contributed by atoms with E-state index in [1.165, 1.54) is 0 Å². The summed E-state index contributed by atoms with van der Waals surface area (Å²) >= 11 is 0. The normalized spacial score (nSPS) is 23.0. The molecule has 0 aromatic heterocycles. The van der Waals surface area contributed by atoms with Crippen LogP contribution in [0.25, 0.3) is 0 Å². The van der Waals surface area contributed by atoms with Crippen molar-refractivity contribution >= 4 is 12.1 Å². The summed E-state index contributed by atoms with van der Waals surface area (Å²) in [6, 6.07) is 0. The predicted molar refractivity (Wildman–Crippen MR) is 60.5 cm³/mol. The number of rotatable bonds is 0. The Morgan fingerprint density at radius 2 is 1.88 bits per heavy atom. The van der Waals surface area contributed by atoms with Gasteiger partial charge in [-0.25, -0.2) is 4.79 Å². The number of hydrogen-bond donors (Lipinski definition) is 0. The van der Waals surface area contributed by atoms with E-state index >= 15 is 0 Å². The fraction of sp³-hybridized carbons (Fsp3) is 0.833. The van der Waals surface area contributed by atoms with Crippen LogP contribution in [-0.2, 0) is 14.3 Å². The van der Waals surface area contributed by atoms with Crippen LogP contribution in [0.3, 0.4) is 0 Å². The third-order valence-corrected chi connectivity index (χ3v) is 3.12. The molecule has 0 aromatic carbocycles. The summed E-state index contributed by atoms with van der Waals surface area (Å²) in [5.41, 5.74) is -0.745. The van der Waals surface area contributed by atoms with E-state index in [4.69, 9.17) is 9.47 Å². The number of likely N-dealkylation sites (tertiary alicyclic amines) is 1. The Bertz CT molecular complexity index is 327. The van der Waals surface area contributed by atoms with Crippen molar-refractivity contribution < 1.29 is 19.1 Å². The van der Waals surface area contributed by atoms with Gasteiger partial charge in [0.1, 0.15) is 11.2 Å². The SMILES string of the molecule is CC(C)(C)OC(=O)N1CCC2(CC1)CC(=O)O2. The van der Waals surface area contributed by atoms with Gasteiger partial charge in [0.15, 0.2) is 0 Å². The molecule has 2 fully saturated rings. The van der Waals surface area contributed by atoms with Crippen LogP contribution in [0.5, 0.6) is 0 Å². The number of carbonyl (C=O) groups is 2. The van der Waals surface area contributed by atoms with E-state index in [-0.39, 0.29) is 17.7 Å². The summed E-state index contributed by atoms with van der Waals surface area (Å²) in [6.07, 6.45) is 1.66. The standard InChI is InChI=1S/C12H19NO4/c1-11(2,3)17-10(15)13-6-4-12(5-7-13)8-9(14)16-12/h4-8H2,1-3H3. The van der Waals surface area contributed by atoms with Gasteiger partial charge in [-0.15, -0.1) is 0 Å². The molecule has 2 saturated heterocycles. The molecule has 0 unspecified atom stereocenters. The minimum atomic E-state index is -0.463. The molecule has 2 aliphatic rings. The smallest absolute Gasteiger partial charge is 0.410 e. The maximum atomic E-state index is 11.8. The van der Waals surface area contributed by atoms with Gasteiger partial charge < -0.3 is 14.4 Å². The second-order valence-corrected chi connectivity index (χ2v) is 5.80. The first kappa shape index (κ1) is 12.2. The van der Waals surface area contributed by atoms with Crippen molar-refractivity contribution in [3.05, 3.63) is 0 Å². The van der Waals surface area contributed by atoms with Crippen LogP contribution in [0.15, 0.2) is 0 Å². The van der Waals surface area contributed by atoms with Gasteiger partial charge in [0.25, 0.3) is 0 Å². The zero-order valence-corrected chi connectivity index (χ0v) is 10.6. The van der Waals surface area contributed by atoms with E-state index < -0.39 is 5.60 Å². The number of hydrogen-bond acceptors (Lipinski definition) is 4. The molecular weight excluding hydrogens is 222 g/mol. The zero-order chi connectivity index (χ0) is 12.7. The van der Waals surface area contributed by atoms with E-state index in [0.29, 0.717) is 19.5 Å². The minimum absolute atomic E-state index is 0.129. The first-order valence-electron chi connectivity index (χ1n) is 6.00. The Hall–Kier alpha value is -1.26. The molecule has 5 heteroatoms. The van der Waals surface area contributed by atoms with Gasteiger partial charge in [-0.2, -0.15) is 0 Å². The van der Waals surface area contributed by atoms with Crippen LogP contribution in [0.1, 0.15) is 40.0 Å². The summed E-state index contributed by atoms with van der Waals surface area (Å²) in [6.45, 7) is 6.75. The van der Waals surface area contributed by atoms with Gasteiger partial charge >= 0.3 is 12.1 Å². The molecule has 0 bridgehead atoms. The molecule has 1 spiro atoms. The average molecular weight is 241 g/mol. The zero-order valence-electron chi connectivity index (χ0n) is 10.6. The molecule has 2 rings (SSSR count). The minimum Gasteiger partial charge on any atom is -0.458 e. The maximum absolute atomic E-state index is 11.8. The van der Waals surface area contributed by atoms with Crippen molar-refractivity contribution in [1.29, 1.82) is 0 Å². The lowest BCUT2D eigenvalue weighted by Crippen LogP contribution is -2.56.